The molecule has 0 radical (unpaired) electrons. The zero-order valence-corrected chi connectivity index (χ0v) is 17.9. The largest absolute Gasteiger partial charge is 0.451 e. The molecule has 0 unspecified atom stereocenters. The second-order valence-electron chi connectivity index (χ2n) is 7.60. The number of aromatic amines is 1. The van der Waals surface area contributed by atoms with Gasteiger partial charge in [0.25, 0.3) is 5.91 Å². The van der Waals surface area contributed by atoms with Gasteiger partial charge in [0.05, 0.1) is 0 Å². The molecule has 0 fully saturated rings. The number of amides is 2. The highest BCUT2D eigenvalue weighted by Crippen LogP contribution is 2.19. The van der Waals surface area contributed by atoms with Gasteiger partial charge in [-0.1, -0.05) is 48.0 Å². The Kier molecular flexibility index (Phi) is 7.07. The molecule has 0 bridgehead atoms. The smallest absolute Gasteiger partial charge is 0.329 e. The van der Waals surface area contributed by atoms with E-state index in [0.29, 0.717) is 6.54 Å². The second-order valence-corrected chi connectivity index (χ2v) is 7.60. The van der Waals surface area contributed by atoms with Crippen molar-refractivity contribution >= 4 is 28.7 Å². The number of hydrogen-bond donors (Lipinski definition) is 3. The Hall–Kier alpha value is -3.61. The summed E-state index contributed by atoms with van der Waals surface area (Å²) in [7, 11) is 0. The van der Waals surface area contributed by atoms with E-state index in [1.54, 1.807) is 0 Å². The lowest BCUT2D eigenvalue weighted by molar-refractivity contribution is -0.157. The molecular weight excluding hydrogens is 394 g/mol. The quantitative estimate of drug-likeness (QED) is 0.487. The Morgan fingerprint density at radius 1 is 1.06 bits per heavy atom. The third kappa shape index (κ3) is 5.94. The summed E-state index contributed by atoms with van der Waals surface area (Å²) in [5.41, 5.74) is 3.91. The van der Waals surface area contributed by atoms with Gasteiger partial charge < -0.3 is 20.4 Å². The molecule has 1 aromatic heterocycles. The lowest BCUT2D eigenvalue weighted by atomic mass is 10.0. The van der Waals surface area contributed by atoms with Gasteiger partial charge in [-0.2, -0.15) is 0 Å². The van der Waals surface area contributed by atoms with Crippen LogP contribution < -0.4 is 10.6 Å². The van der Waals surface area contributed by atoms with Gasteiger partial charge in [0, 0.05) is 37.0 Å². The monoisotopic (exact) mass is 421 g/mol. The predicted molar refractivity (Wildman–Crippen MR) is 118 cm³/mol. The average molecular weight is 421 g/mol. The number of fused-ring (bicyclic) bond motifs is 1. The topological polar surface area (TPSA) is 100 Å². The van der Waals surface area contributed by atoms with Crippen LogP contribution in [-0.2, 0) is 32.1 Å². The first-order valence-corrected chi connectivity index (χ1v) is 10.2. The van der Waals surface area contributed by atoms with Crippen molar-refractivity contribution in [2.45, 2.75) is 45.9 Å². The van der Waals surface area contributed by atoms with E-state index in [9.17, 15) is 14.4 Å². The van der Waals surface area contributed by atoms with Crippen LogP contribution in [0.2, 0.25) is 0 Å². The van der Waals surface area contributed by atoms with E-state index in [1.165, 1.54) is 13.8 Å². The molecule has 0 aliphatic carbocycles. The van der Waals surface area contributed by atoms with Gasteiger partial charge in [-0.15, -0.1) is 0 Å². The zero-order chi connectivity index (χ0) is 22.4. The number of rotatable bonds is 8. The van der Waals surface area contributed by atoms with Gasteiger partial charge in [-0.3, -0.25) is 9.59 Å². The van der Waals surface area contributed by atoms with E-state index in [0.717, 1.165) is 27.6 Å². The second kappa shape index (κ2) is 9.93. The number of nitrogens with one attached hydrogen (secondary N) is 3. The summed E-state index contributed by atoms with van der Waals surface area (Å²) in [5.74, 6) is -1.40. The summed E-state index contributed by atoms with van der Waals surface area (Å²) >= 11 is 0. The Labute approximate surface area is 181 Å². The van der Waals surface area contributed by atoms with Gasteiger partial charge in [0.15, 0.2) is 6.10 Å². The first-order chi connectivity index (χ1) is 14.8. The highest BCUT2D eigenvalue weighted by molar-refractivity contribution is 5.88. The molecule has 0 aliphatic rings. The molecule has 2 aromatic carbocycles. The molecule has 3 rings (SSSR count). The van der Waals surface area contributed by atoms with Crippen molar-refractivity contribution in [3.8, 4) is 0 Å². The lowest BCUT2D eigenvalue weighted by Crippen LogP contribution is -2.45. The van der Waals surface area contributed by atoms with Crippen LogP contribution in [0.4, 0.5) is 0 Å². The molecule has 162 valence electrons. The number of hydrogen-bond acceptors (Lipinski definition) is 4. The highest BCUT2D eigenvalue weighted by Gasteiger charge is 2.26. The van der Waals surface area contributed by atoms with Crippen LogP contribution in [0.25, 0.3) is 10.9 Å². The van der Waals surface area contributed by atoms with E-state index in [4.69, 9.17) is 4.74 Å². The van der Waals surface area contributed by atoms with E-state index < -0.39 is 24.0 Å². The van der Waals surface area contributed by atoms with Crippen LogP contribution in [-0.4, -0.2) is 34.9 Å². The molecule has 0 saturated carbocycles. The number of ether oxygens (including phenoxy) is 1. The van der Waals surface area contributed by atoms with Crippen LogP contribution >= 0.6 is 0 Å². The number of benzene rings is 2. The van der Waals surface area contributed by atoms with Crippen molar-refractivity contribution in [3.05, 3.63) is 71.4 Å². The Bertz CT molecular complexity index is 1070. The third-order valence-corrected chi connectivity index (χ3v) is 5.01. The number of carbonyl (C=O) groups is 3. The summed E-state index contributed by atoms with van der Waals surface area (Å²) in [5, 5.41) is 6.36. The Morgan fingerprint density at radius 3 is 2.48 bits per heavy atom. The molecule has 7 nitrogen and oxygen atoms in total. The summed E-state index contributed by atoms with van der Waals surface area (Å²) in [4.78, 5) is 39.9. The van der Waals surface area contributed by atoms with Crippen molar-refractivity contribution in [2.75, 3.05) is 0 Å². The molecule has 7 heteroatoms. The summed E-state index contributed by atoms with van der Waals surface area (Å²) in [6, 6.07) is 14.6. The third-order valence-electron chi connectivity index (χ3n) is 5.01. The molecule has 1 heterocycles. The van der Waals surface area contributed by atoms with Crippen LogP contribution in [0.5, 0.6) is 0 Å². The molecule has 31 heavy (non-hydrogen) atoms. The van der Waals surface area contributed by atoms with E-state index in [-0.39, 0.29) is 12.3 Å². The minimum atomic E-state index is -0.989. The maximum atomic E-state index is 12.7. The van der Waals surface area contributed by atoms with Crippen molar-refractivity contribution in [2.24, 2.45) is 0 Å². The fourth-order valence-electron chi connectivity index (χ4n) is 3.31. The zero-order valence-electron chi connectivity index (χ0n) is 17.9. The molecule has 0 spiro atoms. The van der Waals surface area contributed by atoms with Gasteiger partial charge in [0.1, 0.15) is 6.04 Å². The highest BCUT2D eigenvalue weighted by atomic mass is 16.5. The minimum Gasteiger partial charge on any atom is -0.451 e. The molecule has 3 N–H and O–H groups in total. The summed E-state index contributed by atoms with van der Waals surface area (Å²) in [6.07, 6.45) is 1.07. The molecule has 2 atom stereocenters. The standard InChI is InChI=1S/C24H27N3O4/c1-15-8-10-18(11-9-15)13-26-23(29)16(2)31-24(30)22(27-17(3)28)12-19-14-25-21-7-5-4-6-20(19)21/h4-11,14,16,22,25H,12-13H2,1-3H3,(H,26,29)(H,27,28)/t16-,22+/m1/s1. The Balaban J connectivity index is 1.61. The molecule has 2 amide bonds. The maximum Gasteiger partial charge on any atom is 0.329 e. The lowest BCUT2D eigenvalue weighted by Gasteiger charge is -2.20. The maximum absolute atomic E-state index is 12.7. The van der Waals surface area contributed by atoms with Crippen LogP contribution in [0.3, 0.4) is 0 Å². The number of para-hydroxylation sites is 1. The number of esters is 1. The number of H-pyrrole nitrogens is 1. The van der Waals surface area contributed by atoms with Gasteiger partial charge in [-0.25, -0.2) is 4.79 Å². The van der Waals surface area contributed by atoms with Crippen molar-refractivity contribution in [1.29, 1.82) is 0 Å². The van der Waals surface area contributed by atoms with E-state index >= 15 is 0 Å². The van der Waals surface area contributed by atoms with E-state index in [1.807, 2.05) is 61.7 Å². The molecule has 0 aliphatic heterocycles. The van der Waals surface area contributed by atoms with Gasteiger partial charge in [0.2, 0.25) is 5.91 Å². The predicted octanol–water partition coefficient (Wildman–Crippen LogP) is 2.77. The SMILES string of the molecule is CC(=O)N[C@@H](Cc1c[nH]c2ccccc12)C(=O)O[C@H](C)C(=O)NCc1ccc(C)cc1. The Morgan fingerprint density at radius 2 is 1.77 bits per heavy atom. The normalized spacial score (nSPS) is 12.7. The molecular formula is C24H27N3O4. The first-order valence-electron chi connectivity index (χ1n) is 10.2. The molecule has 3 aromatic rings. The number of aryl methyl sites for hydroxylation is 1. The van der Waals surface area contributed by atoms with Crippen LogP contribution in [0.1, 0.15) is 30.5 Å². The van der Waals surface area contributed by atoms with Gasteiger partial charge in [-0.05, 0) is 31.0 Å². The first kappa shape index (κ1) is 22.1. The summed E-state index contributed by atoms with van der Waals surface area (Å²) in [6.45, 7) is 5.18. The van der Waals surface area contributed by atoms with Crippen molar-refractivity contribution in [3.63, 3.8) is 0 Å². The fourth-order valence-corrected chi connectivity index (χ4v) is 3.31. The van der Waals surface area contributed by atoms with Crippen LogP contribution in [0, 0.1) is 6.92 Å². The number of aromatic nitrogens is 1. The van der Waals surface area contributed by atoms with Gasteiger partial charge >= 0.3 is 5.97 Å². The van der Waals surface area contributed by atoms with Crippen molar-refractivity contribution in [1.82, 2.24) is 15.6 Å². The van der Waals surface area contributed by atoms with E-state index in [2.05, 4.69) is 15.6 Å². The minimum absolute atomic E-state index is 0.250. The number of carbonyl (C=O) groups excluding carboxylic acids is 3. The van der Waals surface area contributed by atoms with Crippen molar-refractivity contribution < 1.29 is 19.1 Å². The summed E-state index contributed by atoms with van der Waals surface area (Å²) < 4.78 is 5.37. The molecule has 0 saturated heterocycles. The fraction of sp³-hybridized carbons (Fsp3) is 0.292. The average Bonchev–Trinajstić information content (AvgIpc) is 3.15. The van der Waals surface area contributed by atoms with Crippen LogP contribution in [0.15, 0.2) is 54.7 Å².